The van der Waals surface area contributed by atoms with E-state index in [-0.39, 0.29) is 0 Å². The van der Waals surface area contributed by atoms with Crippen LogP contribution in [0.5, 0.6) is 0 Å². The Balaban J connectivity index is 2.31. The fraction of sp³-hybridized carbons (Fsp3) is 1.00. The van der Waals surface area contributed by atoms with Crippen LogP contribution in [0.2, 0.25) is 0 Å². The molecule has 3 nitrogen and oxygen atoms in total. The van der Waals surface area contributed by atoms with Gasteiger partial charge in [0.05, 0.1) is 0 Å². The number of hydrogen-bond acceptors (Lipinski definition) is 3. The van der Waals surface area contributed by atoms with Gasteiger partial charge in [-0.05, 0) is 51.2 Å². The maximum Gasteiger partial charge on any atom is 0.0446 e. The van der Waals surface area contributed by atoms with E-state index in [1.54, 1.807) is 0 Å². The third kappa shape index (κ3) is 5.28. The van der Waals surface area contributed by atoms with E-state index in [0.717, 1.165) is 25.4 Å². The monoisotopic (exact) mass is 228 g/mol. The molecule has 0 radical (unpaired) electrons. The van der Waals surface area contributed by atoms with E-state index < -0.39 is 0 Å². The molecule has 2 N–H and O–H groups in total. The predicted octanol–water partition coefficient (Wildman–Crippen LogP) is 1.47. The summed E-state index contributed by atoms with van der Waals surface area (Å²) in [5.74, 6) is 0.889. The molecule has 0 saturated carbocycles. The molecule has 0 aromatic rings. The molecule has 1 heterocycles. The van der Waals surface area contributed by atoms with E-state index in [9.17, 15) is 0 Å². The molecule has 96 valence electrons. The van der Waals surface area contributed by atoms with Crippen LogP contribution in [-0.4, -0.2) is 48.8 Å². The molecule has 2 atom stereocenters. The van der Waals surface area contributed by atoms with Crippen molar-refractivity contribution in [2.24, 2.45) is 5.92 Å². The minimum absolute atomic E-state index is 0.294. The summed E-state index contributed by atoms with van der Waals surface area (Å²) in [7, 11) is 0. The van der Waals surface area contributed by atoms with E-state index in [1.807, 2.05) is 0 Å². The lowest BCUT2D eigenvalue weighted by molar-refractivity contribution is 0.211. The second kappa shape index (κ2) is 8.04. The average molecular weight is 228 g/mol. The lowest BCUT2D eigenvalue weighted by Gasteiger charge is -2.26. The average Bonchev–Trinajstić information content (AvgIpc) is 2.45. The van der Waals surface area contributed by atoms with E-state index in [0.29, 0.717) is 12.6 Å². The van der Waals surface area contributed by atoms with Gasteiger partial charge in [-0.2, -0.15) is 0 Å². The Morgan fingerprint density at radius 2 is 2.19 bits per heavy atom. The van der Waals surface area contributed by atoms with Crippen LogP contribution < -0.4 is 5.32 Å². The lowest BCUT2D eigenvalue weighted by atomic mass is 10.0. The molecule has 2 unspecified atom stereocenters. The van der Waals surface area contributed by atoms with Gasteiger partial charge >= 0.3 is 0 Å². The first-order valence-electron chi connectivity index (χ1n) is 6.82. The summed E-state index contributed by atoms with van der Waals surface area (Å²) in [5, 5.41) is 12.5. The summed E-state index contributed by atoms with van der Waals surface area (Å²) < 4.78 is 0. The van der Waals surface area contributed by atoms with Gasteiger partial charge in [-0.3, -0.25) is 0 Å². The molecule has 0 aromatic heterocycles. The zero-order valence-electron chi connectivity index (χ0n) is 10.9. The molecule has 1 fully saturated rings. The zero-order valence-corrected chi connectivity index (χ0v) is 10.9. The Kier molecular flexibility index (Phi) is 7.01. The van der Waals surface area contributed by atoms with Crippen LogP contribution in [0, 0.1) is 5.92 Å². The van der Waals surface area contributed by atoms with Gasteiger partial charge in [-0.15, -0.1) is 0 Å². The van der Waals surface area contributed by atoms with Crippen molar-refractivity contribution in [2.75, 3.05) is 32.8 Å². The number of nitrogens with zero attached hydrogens (tertiary/aromatic N) is 1. The highest BCUT2D eigenvalue weighted by Gasteiger charge is 2.17. The molecule has 0 bridgehead atoms. The maximum atomic E-state index is 9.03. The van der Waals surface area contributed by atoms with Gasteiger partial charge in [0.1, 0.15) is 0 Å². The fourth-order valence-corrected chi connectivity index (χ4v) is 2.52. The lowest BCUT2D eigenvalue weighted by Crippen LogP contribution is -2.42. The SMILES string of the molecule is CCNC(CCO)CN1CCCC(C)CC1. The largest absolute Gasteiger partial charge is 0.396 e. The molecule has 0 aromatic carbocycles. The normalized spacial score (nSPS) is 25.3. The van der Waals surface area contributed by atoms with Crippen LogP contribution >= 0.6 is 0 Å². The number of aliphatic hydroxyl groups excluding tert-OH is 1. The third-order valence-corrected chi connectivity index (χ3v) is 3.56. The van der Waals surface area contributed by atoms with Gasteiger partial charge < -0.3 is 15.3 Å². The summed E-state index contributed by atoms with van der Waals surface area (Å²) in [5.41, 5.74) is 0. The number of likely N-dealkylation sites (tertiary alicyclic amines) is 1. The summed E-state index contributed by atoms with van der Waals surface area (Å²) >= 11 is 0. The zero-order chi connectivity index (χ0) is 11.8. The quantitative estimate of drug-likeness (QED) is 0.722. The summed E-state index contributed by atoms with van der Waals surface area (Å²) in [6.45, 7) is 9.35. The third-order valence-electron chi connectivity index (χ3n) is 3.56. The molecule has 3 heteroatoms. The van der Waals surface area contributed by atoms with Crippen LogP contribution in [0.15, 0.2) is 0 Å². The van der Waals surface area contributed by atoms with Gasteiger partial charge in [0.2, 0.25) is 0 Å². The van der Waals surface area contributed by atoms with Crippen molar-refractivity contribution < 1.29 is 5.11 Å². The molecule has 0 spiro atoms. The fourth-order valence-electron chi connectivity index (χ4n) is 2.52. The Morgan fingerprint density at radius 3 is 2.88 bits per heavy atom. The van der Waals surface area contributed by atoms with Crippen LogP contribution in [0.25, 0.3) is 0 Å². The number of hydrogen-bond donors (Lipinski definition) is 2. The molecule has 1 saturated heterocycles. The maximum absolute atomic E-state index is 9.03. The van der Waals surface area contributed by atoms with Crippen LogP contribution in [0.4, 0.5) is 0 Å². The molecular formula is C13H28N2O. The highest BCUT2D eigenvalue weighted by atomic mass is 16.3. The Morgan fingerprint density at radius 1 is 1.38 bits per heavy atom. The number of nitrogens with one attached hydrogen (secondary N) is 1. The minimum Gasteiger partial charge on any atom is -0.396 e. The second-order valence-electron chi connectivity index (χ2n) is 5.10. The summed E-state index contributed by atoms with van der Waals surface area (Å²) in [4.78, 5) is 2.56. The number of rotatable bonds is 6. The molecule has 0 aliphatic carbocycles. The van der Waals surface area contributed by atoms with Crippen molar-refractivity contribution in [1.29, 1.82) is 0 Å². The van der Waals surface area contributed by atoms with Crippen molar-refractivity contribution in [3.05, 3.63) is 0 Å². The van der Waals surface area contributed by atoms with Gasteiger partial charge in [0.15, 0.2) is 0 Å². The second-order valence-corrected chi connectivity index (χ2v) is 5.10. The summed E-state index contributed by atoms with van der Waals surface area (Å²) in [6.07, 6.45) is 4.92. The van der Waals surface area contributed by atoms with Crippen LogP contribution in [0.3, 0.4) is 0 Å². The van der Waals surface area contributed by atoms with Gasteiger partial charge in [-0.1, -0.05) is 13.8 Å². The Bertz CT molecular complexity index is 169. The van der Waals surface area contributed by atoms with Crippen molar-refractivity contribution in [1.82, 2.24) is 10.2 Å². The van der Waals surface area contributed by atoms with E-state index in [1.165, 1.54) is 32.4 Å². The number of likely N-dealkylation sites (N-methyl/N-ethyl adjacent to an activating group) is 1. The van der Waals surface area contributed by atoms with E-state index >= 15 is 0 Å². The topological polar surface area (TPSA) is 35.5 Å². The van der Waals surface area contributed by atoms with Gasteiger partial charge in [0.25, 0.3) is 0 Å². The molecule has 1 aliphatic heterocycles. The number of aliphatic hydroxyl groups is 1. The molecule has 0 amide bonds. The molecule has 1 aliphatic rings. The van der Waals surface area contributed by atoms with Crippen molar-refractivity contribution in [2.45, 2.75) is 45.6 Å². The smallest absolute Gasteiger partial charge is 0.0446 e. The Hall–Kier alpha value is -0.120. The van der Waals surface area contributed by atoms with Crippen LogP contribution in [-0.2, 0) is 0 Å². The van der Waals surface area contributed by atoms with Gasteiger partial charge in [-0.25, -0.2) is 0 Å². The van der Waals surface area contributed by atoms with Gasteiger partial charge in [0, 0.05) is 19.2 Å². The first-order valence-corrected chi connectivity index (χ1v) is 6.82. The van der Waals surface area contributed by atoms with Crippen molar-refractivity contribution >= 4 is 0 Å². The standard InChI is InChI=1S/C13H28N2O/c1-3-14-13(7-10-16)11-15-8-4-5-12(2)6-9-15/h12-14,16H,3-11H2,1-2H3. The molecule has 16 heavy (non-hydrogen) atoms. The molecule has 1 rings (SSSR count). The Labute approximate surface area is 100 Å². The van der Waals surface area contributed by atoms with E-state index in [2.05, 4.69) is 24.1 Å². The highest BCUT2D eigenvalue weighted by molar-refractivity contribution is 4.74. The van der Waals surface area contributed by atoms with E-state index in [4.69, 9.17) is 5.11 Å². The van der Waals surface area contributed by atoms with Crippen molar-refractivity contribution in [3.8, 4) is 0 Å². The molecular weight excluding hydrogens is 200 g/mol. The first kappa shape index (κ1) is 13.9. The van der Waals surface area contributed by atoms with Crippen molar-refractivity contribution in [3.63, 3.8) is 0 Å². The minimum atomic E-state index is 0.294. The summed E-state index contributed by atoms with van der Waals surface area (Å²) in [6, 6.07) is 0.461. The highest BCUT2D eigenvalue weighted by Crippen LogP contribution is 2.16. The first-order chi connectivity index (χ1) is 7.76. The van der Waals surface area contributed by atoms with Crippen LogP contribution in [0.1, 0.15) is 39.5 Å². The predicted molar refractivity (Wildman–Crippen MR) is 68.6 cm³/mol.